The predicted octanol–water partition coefficient (Wildman–Crippen LogP) is 3.28. The maximum atomic E-state index is 13.1. The molecule has 0 aliphatic carbocycles. The molecule has 5 rings (SSSR count). The molecule has 0 bridgehead atoms. The molecule has 0 spiro atoms. The number of amides is 2. The van der Waals surface area contributed by atoms with Crippen molar-refractivity contribution in [3.8, 4) is 0 Å². The fourth-order valence-electron chi connectivity index (χ4n) is 4.59. The topological polar surface area (TPSA) is 71.4 Å². The molecule has 31 heavy (non-hydrogen) atoms. The molecule has 2 aliphatic rings. The molecular weight excluding hydrogens is 390 g/mol. The highest BCUT2D eigenvalue weighted by molar-refractivity contribution is 6.04. The molecule has 1 aromatic heterocycles. The van der Waals surface area contributed by atoms with Gasteiger partial charge in [0.25, 0.3) is 5.91 Å². The summed E-state index contributed by atoms with van der Waals surface area (Å²) in [5, 5.41) is 3.80. The Kier molecular flexibility index (Phi) is 4.70. The number of hydrogen-bond acceptors (Lipinski definition) is 3. The summed E-state index contributed by atoms with van der Waals surface area (Å²) in [5.41, 5.74) is 5.04. The number of nitrogens with zero attached hydrogens (tertiary/aromatic N) is 2. The van der Waals surface area contributed by atoms with Crippen molar-refractivity contribution < 1.29 is 14.4 Å². The van der Waals surface area contributed by atoms with Crippen LogP contribution in [0, 0.1) is 0 Å². The van der Waals surface area contributed by atoms with E-state index < -0.39 is 0 Å². The van der Waals surface area contributed by atoms with Crippen molar-refractivity contribution in [3.05, 3.63) is 77.5 Å². The Morgan fingerprint density at radius 2 is 1.97 bits per heavy atom. The molecule has 6 nitrogen and oxygen atoms in total. The molecule has 0 saturated heterocycles. The number of anilines is 1. The van der Waals surface area contributed by atoms with E-state index in [4.69, 9.17) is 0 Å². The number of aromatic nitrogens is 1. The van der Waals surface area contributed by atoms with E-state index in [2.05, 4.69) is 11.9 Å². The largest absolute Gasteiger partial charge is 0.349 e. The van der Waals surface area contributed by atoms with Crippen LogP contribution >= 0.6 is 0 Å². The van der Waals surface area contributed by atoms with E-state index in [9.17, 15) is 14.4 Å². The number of carbonyl (C=O) groups excluding carboxylic acids is 3. The first kappa shape index (κ1) is 19.3. The molecule has 1 N–H and O–H groups in total. The van der Waals surface area contributed by atoms with Gasteiger partial charge < -0.3 is 14.8 Å². The predicted molar refractivity (Wildman–Crippen MR) is 120 cm³/mol. The maximum absolute atomic E-state index is 13.1. The van der Waals surface area contributed by atoms with Gasteiger partial charge in [0.15, 0.2) is 5.78 Å². The normalized spacial score (nSPS) is 15.2. The van der Waals surface area contributed by atoms with Crippen LogP contribution in [-0.2, 0) is 24.2 Å². The molecule has 0 fully saturated rings. The quantitative estimate of drug-likeness (QED) is 0.527. The van der Waals surface area contributed by atoms with E-state index in [1.165, 1.54) is 6.08 Å². The number of aryl methyl sites for hydroxylation is 1. The lowest BCUT2D eigenvalue weighted by atomic mass is 9.96. The number of fused-ring (bicyclic) bond motifs is 4. The summed E-state index contributed by atoms with van der Waals surface area (Å²) in [5.74, 6) is -0.185. The first-order valence-electron chi connectivity index (χ1n) is 10.6. The number of Topliss-reactive ketones (excluding diaryl/α,β-unsaturated/α-hetero) is 1. The van der Waals surface area contributed by atoms with Crippen molar-refractivity contribution in [2.45, 2.75) is 25.8 Å². The number of carbonyl (C=O) groups is 3. The summed E-state index contributed by atoms with van der Waals surface area (Å²) in [6.45, 7) is 5.55. The lowest BCUT2D eigenvalue weighted by Gasteiger charge is -2.29. The number of rotatable bonds is 4. The van der Waals surface area contributed by atoms with Gasteiger partial charge in [0, 0.05) is 48.2 Å². The van der Waals surface area contributed by atoms with Crippen LogP contribution in [0.15, 0.2) is 55.1 Å². The van der Waals surface area contributed by atoms with Crippen LogP contribution in [0.3, 0.4) is 0 Å². The minimum atomic E-state index is -0.114. The van der Waals surface area contributed by atoms with Crippen LogP contribution in [0.25, 0.3) is 10.9 Å². The fraction of sp³-hybridized carbons (Fsp3) is 0.240. The van der Waals surface area contributed by atoms with Gasteiger partial charge in [0.1, 0.15) is 5.69 Å². The Hall–Kier alpha value is -3.67. The van der Waals surface area contributed by atoms with Crippen molar-refractivity contribution >= 4 is 34.2 Å². The minimum Gasteiger partial charge on any atom is -0.349 e. The van der Waals surface area contributed by atoms with Crippen molar-refractivity contribution in [2.24, 2.45) is 0 Å². The van der Waals surface area contributed by atoms with Crippen molar-refractivity contribution in [2.75, 3.05) is 18.0 Å². The summed E-state index contributed by atoms with van der Waals surface area (Å²) in [6.07, 6.45) is 3.43. The fourth-order valence-corrected chi connectivity index (χ4v) is 4.59. The molecule has 156 valence electrons. The third-order valence-corrected chi connectivity index (χ3v) is 6.15. The Morgan fingerprint density at radius 3 is 2.81 bits per heavy atom. The first-order valence-corrected chi connectivity index (χ1v) is 10.6. The summed E-state index contributed by atoms with van der Waals surface area (Å²) in [4.78, 5) is 39.1. The van der Waals surface area contributed by atoms with Gasteiger partial charge in [0.2, 0.25) is 5.91 Å². The monoisotopic (exact) mass is 413 g/mol. The highest BCUT2D eigenvalue weighted by Crippen LogP contribution is 2.29. The van der Waals surface area contributed by atoms with Crippen molar-refractivity contribution in [3.63, 3.8) is 0 Å². The van der Waals surface area contributed by atoms with E-state index in [0.29, 0.717) is 30.9 Å². The van der Waals surface area contributed by atoms with Crippen LogP contribution in [0.1, 0.15) is 38.4 Å². The van der Waals surface area contributed by atoms with E-state index >= 15 is 0 Å². The third-order valence-electron chi connectivity index (χ3n) is 6.15. The van der Waals surface area contributed by atoms with E-state index in [0.717, 1.165) is 40.6 Å². The third kappa shape index (κ3) is 3.34. The van der Waals surface area contributed by atoms with Gasteiger partial charge in [0.05, 0.1) is 0 Å². The standard InChI is InChI=1S/C25H23N3O3/c1-2-24(30)28-10-3-4-17-6-5-16(12-20(17)28)13-23(29)19-8-7-18-14-22-25(31)26-9-11-27(22)21(18)15-19/h2,5-8,12,14-15H,1,3-4,9-11,13H2,(H,26,31). The maximum Gasteiger partial charge on any atom is 0.268 e. The second kappa shape index (κ2) is 7.54. The number of nitrogens with one attached hydrogen (secondary N) is 1. The van der Waals surface area contributed by atoms with Crippen molar-refractivity contribution in [1.29, 1.82) is 0 Å². The summed E-state index contributed by atoms with van der Waals surface area (Å²) < 4.78 is 1.97. The van der Waals surface area contributed by atoms with E-state index in [1.807, 2.05) is 47.0 Å². The Bertz CT molecular complexity index is 1250. The van der Waals surface area contributed by atoms with Gasteiger partial charge in [-0.25, -0.2) is 0 Å². The minimum absolute atomic E-state index is 0.00932. The summed E-state index contributed by atoms with van der Waals surface area (Å²) >= 11 is 0. The Labute approximate surface area is 180 Å². The van der Waals surface area contributed by atoms with Gasteiger partial charge in [-0.05, 0) is 48.2 Å². The molecule has 6 heteroatoms. The smallest absolute Gasteiger partial charge is 0.268 e. The van der Waals surface area contributed by atoms with Crippen LogP contribution in [0.5, 0.6) is 0 Å². The average molecular weight is 413 g/mol. The molecule has 3 heterocycles. The average Bonchev–Trinajstić information content (AvgIpc) is 3.17. The Balaban J connectivity index is 1.44. The van der Waals surface area contributed by atoms with Gasteiger partial charge in [-0.3, -0.25) is 14.4 Å². The van der Waals surface area contributed by atoms with Gasteiger partial charge >= 0.3 is 0 Å². The first-order chi connectivity index (χ1) is 15.0. The highest BCUT2D eigenvalue weighted by atomic mass is 16.2. The lowest BCUT2D eigenvalue weighted by molar-refractivity contribution is -0.114. The van der Waals surface area contributed by atoms with Gasteiger partial charge in [-0.1, -0.05) is 30.8 Å². The molecule has 2 amide bonds. The van der Waals surface area contributed by atoms with Gasteiger partial charge in [-0.2, -0.15) is 0 Å². The molecule has 0 atom stereocenters. The van der Waals surface area contributed by atoms with E-state index in [-0.39, 0.29) is 24.0 Å². The molecule has 0 saturated carbocycles. The van der Waals surface area contributed by atoms with Gasteiger partial charge in [-0.15, -0.1) is 0 Å². The molecular formula is C25H23N3O3. The Morgan fingerprint density at radius 1 is 1.10 bits per heavy atom. The number of ketones is 1. The highest BCUT2D eigenvalue weighted by Gasteiger charge is 2.23. The second-order valence-corrected chi connectivity index (χ2v) is 8.07. The van der Waals surface area contributed by atoms with Crippen LogP contribution < -0.4 is 10.2 Å². The summed E-state index contributed by atoms with van der Waals surface area (Å²) in [6, 6.07) is 13.4. The number of benzene rings is 2. The zero-order chi connectivity index (χ0) is 21.5. The zero-order valence-electron chi connectivity index (χ0n) is 17.2. The van der Waals surface area contributed by atoms with Crippen LogP contribution in [0.2, 0.25) is 0 Å². The van der Waals surface area contributed by atoms with Crippen molar-refractivity contribution in [1.82, 2.24) is 9.88 Å². The number of hydrogen-bond donors (Lipinski definition) is 1. The van der Waals surface area contributed by atoms with Crippen LogP contribution in [-0.4, -0.2) is 35.3 Å². The molecule has 0 unspecified atom stereocenters. The lowest BCUT2D eigenvalue weighted by Crippen LogP contribution is -2.34. The molecule has 3 aromatic rings. The SMILES string of the molecule is C=CC(=O)N1CCCc2ccc(CC(=O)c3ccc4cc5n(c4c3)CCNC5=O)cc21. The molecule has 2 aromatic carbocycles. The zero-order valence-corrected chi connectivity index (χ0v) is 17.2. The van der Waals surface area contributed by atoms with E-state index in [1.54, 1.807) is 4.90 Å². The molecule has 2 aliphatic heterocycles. The summed E-state index contributed by atoms with van der Waals surface area (Å²) in [7, 11) is 0. The second-order valence-electron chi connectivity index (χ2n) is 8.07. The molecule has 0 radical (unpaired) electrons. The van der Waals surface area contributed by atoms with Crippen LogP contribution in [0.4, 0.5) is 5.69 Å².